The van der Waals surface area contributed by atoms with Crippen molar-refractivity contribution in [2.45, 2.75) is 19.3 Å². The van der Waals surface area contributed by atoms with Gasteiger partial charge in [-0.1, -0.05) is 11.3 Å². The van der Waals surface area contributed by atoms with Crippen LogP contribution in [0.2, 0.25) is 0 Å². The van der Waals surface area contributed by atoms with Gasteiger partial charge in [-0.2, -0.15) is 0 Å². The molecule has 0 radical (unpaired) electrons. The SMILES string of the molecule is COc1ccc([C@H]2C[C@@H]2COc2nn(C)c(=O)c(N(C)c3nnc(C)s3)c2Br)nc1. The summed E-state index contributed by atoms with van der Waals surface area (Å²) in [6, 6.07) is 3.90. The highest BCUT2D eigenvalue weighted by atomic mass is 79.9. The fourth-order valence-corrected chi connectivity index (χ4v) is 4.47. The first-order chi connectivity index (χ1) is 14.4. The molecule has 0 spiro atoms. The summed E-state index contributed by atoms with van der Waals surface area (Å²) in [6.07, 6.45) is 2.73. The van der Waals surface area contributed by atoms with Gasteiger partial charge in [0.05, 0.1) is 19.9 Å². The first-order valence-corrected chi connectivity index (χ1v) is 10.9. The Morgan fingerprint density at radius 3 is 2.80 bits per heavy atom. The van der Waals surface area contributed by atoms with E-state index in [1.54, 1.807) is 32.3 Å². The van der Waals surface area contributed by atoms with Crippen molar-refractivity contribution in [2.24, 2.45) is 13.0 Å². The molecule has 0 amide bonds. The number of methoxy groups -OCH3 is 1. The molecule has 0 aliphatic heterocycles. The number of pyridine rings is 1. The summed E-state index contributed by atoms with van der Waals surface area (Å²) in [5.41, 5.74) is 1.18. The largest absolute Gasteiger partial charge is 0.495 e. The fraction of sp³-hybridized carbons (Fsp3) is 0.421. The number of ether oxygens (including phenoxy) is 2. The molecule has 158 valence electrons. The lowest BCUT2D eigenvalue weighted by atomic mass is 10.2. The van der Waals surface area contributed by atoms with Gasteiger partial charge in [0.1, 0.15) is 20.9 Å². The van der Waals surface area contributed by atoms with Crippen molar-refractivity contribution < 1.29 is 9.47 Å². The quantitative estimate of drug-likeness (QED) is 0.496. The molecule has 3 aromatic rings. The smallest absolute Gasteiger partial charge is 0.291 e. The van der Waals surface area contributed by atoms with Crippen LogP contribution in [0.5, 0.6) is 11.6 Å². The van der Waals surface area contributed by atoms with E-state index in [0.29, 0.717) is 39.6 Å². The van der Waals surface area contributed by atoms with Crippen LogP contribution in [0.15, 0.2) is 27.6 Å². The number of hydrogen-bond donors (Lipinski definition) is 0. The Bertz CT molecular complexity index is 1120. The van der Waals surface area contributed by atoms with E-state index in [4.69, 9.17) is 9.47 Å². The van der Waals surface area contributed by atoms with Crippen molar-refractivity contribution in [1.29, 1.82) is 0 Å². The average molecular weight is 493 g/mol. The van der Waals surface area contributed by atoms with Crippen LogP contribution in [0.3, 0.4) is 0 Å². The summed E-state index contributed by atoms with van der Waals surface area (Å²) in [7, 11) is 5.00. The Balaban J connectivity index is 1.50. The van der Waals surface area contributed by atoms with E-state index in [1.807, 2.05) is 19.1 Å². The number of anilines is 2. The van der Waals surface area contributed by atoms with Gasteiger partial charge in [-0.15, -0.1) is 15.3 Å². The predicted molar refractivity (Wildman–Crippen MR) is 117 cm³/mol. The molecule has 2 atom stereocenters. The second-order valence-electron chi connectivity index (χ2n) is 7.10. The second kappa shape index (κ2) is 8.31. The lowest BCUT2D eigenvalue weighted by Gasteiger charge is -2.18. The highest BCUT2D eigenvalue weighted by Gasteiger charge is 2.40. The van der Waals surface area contributed by atoms with Gasteiger partial charge >= 0.3 is 0 Å². The maximum Gasteiger partial charge on any atom is 0.291 e. The van der Waals surface area contributed by atoms with E-state index in [-0.39, 0.29) is 5.56 Å². The third-order valence-electron chi connectivity index (χ3n) is 5.00. The molecule has 0 unspecified atom stereocenters. The molecule has 1 fully saturated rings. The molecule has 4 rings (SSSR count). The van der Waals surface area contributed by atoms with Crippen molar-refractivity contribution in [3.05, 3.63) is 43.9 Å². The third kappa shape index (κ3) is 4.04. The molecule has 0 saturated heterocycles. The number of aryl methyl sites for hydroxylation is 2. The third-order valence-corrected chi connectivity index (χ3v) is 6.63. The molecular formula is C19H21BrN6O3S. The lowest BCUT2D eigenvalue weighted by molar-refractivity contribution is 0.276. The molecule has 3 aromatic heterocycles. The Labute approximate surface area is 185 Å². The van der Waals surface area contributed by atoms with Gasteiger partial charge in [-0.25, -0.2) is 4.68 Å². The van der Waals surface area contributed by atoms with Crippen molar-refractivity contribution in [2.75, 3.05) is 25.7 Å². The standard InChI is InChI=1S/C19H21BrN6O3S/c1-10-22-23-19(30-10)25(2)16-15(20)17(24-26(3)18(16)27)29-9-11-7-13(11)14-6-5-12(28-4)8-21-14/h5-6,8,11,13H,7,9H2,1-4H3/t11-,13+/m1/s1. The van der Waals surface area contributed by atoms with E-state index >= 15 is 0 Å². The van der Waals surface area contributed by atoms with E-state index in [2.05, 4.69) is 36.2 Å². The molecular weight excluding hydrogens is 472 g/mol. The second-order valence-corrected chi connectivity index (χ2v) is 9.05. The maximum atomic E-state index is 12.7. The van der Waals surface area contributed by atoms with Gasteiger partial charge in [-0.05, 0) is 41.4 Å². The first-order valence-electron chi connectivity index (χ1n) is 9.32. The Morgan fingerprint density at radius 2 is 2.17 bits per heavy atom. The van der Waals surface area contributed by atoms with Crippen LogP contribution in [0, 0.1) is 12.8 Å². The van der Waals surface area contributed by atoms with Gasteiger partial charge in [-0.3, -0.25) is 9.78 Å². The van der Waals surface area contributed by atoms with Gasteiger partial charge in [0.25, 0.3) is 5.56 Å². The van der Waals surface area contributed by atoms with E-state index in [0.717, 1.165) is 22.9 Å². The molecule has 0 aromatic carbocycles. The van der Waals surface area contributed by atoms with Gasteiger partial charge in [0.2, 0.25) is 11.0 Å². The Kier molecular flexibility index (Phi) is 5.74. The summed E-state index contributed by atoms with van der Waals surface area (Å²) in [6.45, 7) is 2.36. The summed E-state index contributed by atoms with van der Waals surface area (Å²) in [5, 5.41) is 13.9. The highest BCUT2D eigenvalue weighted by Crippen LogP contribution is 2.47. The van der Waals surface area contributed by atoms with Crippen LogP contribution in [0.1, 0.15) is 23.0 Å². The number of halogens is 1. The van der Waals surface area contributed by atoms with Crippen molar-refractivity contribution in [1.82, 2.24) is 25.0 Å². The molecule has 9 nitrogen and oxygen atoms in total. The average Bonchev–Trinajstić information content (AvgIpc) is 3.39. The number of nitrogens with zero attached hydrogens (tertiary/aromatic N) is 6. The van der Waals surface area contributed by atoms with Crippen LogP contribution >= 0.6 is 27.3 Å². The zero-order valence-corrected chi connectivity index (χ0v) is 19.4. The summed E-state index contributed by atoms with van der Waals surface area (Å²) < 4.78 is 12.9. The summed E-state index contributed by atoms with van der Waals surface area (Å²) in [5.74, 6) is 1.82. The highest BCUT2D eigenvalue weighted by molar-refractivity contribution is 9.10. The molecule has 1 aliphatic rings. The number of hydrogen-bond acceptors (Lipinski definition) is 9. The minimum Gasteiger partial charge on any atom is -0.495 e. The van der Waals surface area contributed by atoms with E-state index in [1.165, 1.54) is 16.0 Å². The van der Waals surface area contributed by atoms with E-state index in [9.17, 15) is 4.79 Å². The summed E-state index contributed by atoms with van der Waals surface area (Å²) in [4.78, 5) is 18.9. The van der Waals surface area contributed by atoms with Crippen molar-refractivity contribution in [3.63, 3.8) is 0 Å². The minimum atomic E-state index is -0.253. The zero-order valence-electron chi connectivity index (χ0n) is 17.0. The topological polar surface area (TPSA) is 95.3 Å². The molecule has 0 N–H and O–H groups in total. The predicted octanol–water partition coefficient (Wildman–Crippen LogP) is 3.06. The normalized spacial score (nSPS) is 17.6. The molecule has 3 heterocycles. The monoisotopic (exact) mass is 492 g/mol. The number of rotatable bonds is 7. The fourth-order valence-electron chi connectivity index (χ4n) is 3.19. The minimum absolute atomic E-state index is 0.253. The molecule has 1 saturated carbocycles. The molecule has 0 bridgehead atoms. The Morgan fingerprint density at radius 1 is 1.37 bits per heavy atom. The van der Waals surface area contributed by atoms with Crippen molar-refractivity contribution in [3.8, 4) is 11.6 Å². The number of aromatic nitrogens is 5. The van der Waals surface area contributed by atoms with Crippen LogP contribution in [0.25, 0.3) is 0 Å². The Hall–Kier alpha value is -2.53. The van der Waals surface area contributed by atoms with E-state index < -0.39 is 0 Å². The van der Waals surface area contributed by atoms with Gasteiger partial charge in [0, 0.05) is 31.6 Å². The van der Waals surface area contributed by atoms with Crippen molar-refractivity contribution >= 4 is 38.1 Å². The van der Waals surface area contributed by atoms with Crippen LogP contribution < -0.4 is 19.9 Å². The first kappa shape index (κ1) is 20.7. The van der Waals surface area contributed by atoms with Gasteiger partial charge < -0.3 is 14.4 Å². The molecule has 1 aliphatic carbocycles. The molecule has 11 heteroatoms. The van der Waals surface area contributed by atoms with Crippen LogP contribution in [-0.2, 0) is 7.05 Å². The molecule has 30 heavy (non-hydrogen) atoms. The lowest BCUT2D eigenvalue weighted by Crippen LogP contribution is -2.28. The van der Waals surface area contributed by atoms with Crippen LogP contribution in [-0.4, -0.2) is 45.7 Å². The maximum absolute atomic E-state index is 12.7. The van der Waals surface area contributed by atoms with Gasteiger partial charge in [0.15, 0.2) is 0 Å². The van der Waals surface area contributed by atoms with Crippen LogP contribution in [0.4, 0.5) is 10.8 Å². The summed E-state index contributed by atoms with van der Waals surface area (Å²) >= 11 is 4.91. The zero-order chi connectivity index (χ0) is 21.4.